The maximum atomic E-state index is 11.2. The summed E-state index contributed by atoms with van der Waals surface area (Å²) in [6.45, 7) is 0.618. The molecule has 0 fully saturated rings. The molecule has 3 rings (SSSR count). The number of hydrogen-bond acceptors (Lipinski definition) is 5. The predicted octanol–water partition coefficient (Wildman–Crippen LogP) is 0.752. The van der Waals surface area contributed by atoms with Crippen LogP contribution in [0.25, 0.3) is 11.4 Å². The van der Waals surface area contributed by atoms with Gasteiger partial charge in [-0.25, -0.2) is 9.97 Å². The van der Waals surface area contributed by atoms with Gasteiger partial charge in [-0.05, 0) is 6.07 Å². The third-order valence-corrected chi connectivity index (χ3v) is 3.27. The Labute approximate surface area is 115 Å². The second-order valence-corrected chi connectivity index (χ2v) is 4.51. The number of H-pyrrole nitrogens is 1. The quantitative estimate of drug-likeness (QED) is 0.763. The van der Waals surface area contributed by atoms with Gasteiger partial charge < -0.3 is 14.8 Å². The molecule has 0 saturated heterocycles. The Morgan fingerprint density at radius 1 is 1.50 bits per heavy atom. The minimum Gasteiger partial charge on any atom is -0.481 e. The predicted molar refractivity (Wildman–Crippen MR) is 70.5 cm³/mol. The molecule has 0 aliphatic carbocycles. The van der Waals surface area contributed by atoms with Gasteiger partial charge in [0.1, 0.15) is 5.82 Å². The molecule has 2 aromatic heterocycles. The second kappa shape index (κ2) is 4.93. The molecule has 104 valence electrons. The average Bonchev–Trinajstić information content (AvgIpc) is 2.90. The zero-order valence-corrected chi connectivity index (χ0v) is 10.9. The molecule has 1 aliphatic rings. The summed E-state index contributed by atoms with van der Waals surface area (Å²) in [5.41, 5.74) is 2.21. The highest BCUT2D eigenvalue weighted by atomic mass is 16.5. The Morgan fingerprint density at radius 3 is 3.00 bits per heavy atom. The van der Waals surface area contributed by atoms with Gasteiger partial charge in [0, 0.05) is 36.5 Å². The van der Waals surface area contributed by atoms with Crippen LogP contribution in [0.15, 0.2) is 18.3 Å². The molecule has 0 radical (unpaired) electrons. The van der Waals surface area contributed by atoms with E-state index in [1.54, 1.807) is 19.4 Å². The molecule has 1 unspecified atom stereocenters. The first-order chi connectivity index (χ1) is 9.69. The van der Waals surface area contributed by atoms with E-state index in [0.29, 0.717) is 23.9 Å². The van der Waals surface area contributed by atoms with E-state index < -0.39 is 12.0 Å². The molecular weight excluding hydrogens is 260 g/mol. The maximum absolute atomic E-state index is 11.2. The Morgan fingerprint density at radius 2 is 2.35 bits per heavy atom. The van der Waals surface area contributed by atoms with Crippen LogP contribution in [0, 0.1) is 0 Å². The maximum Gasteiger partial charge on any atom is 0.327 e. The summed E-state index contributed by atoms with van der Waals surface area (Å²) < 4.78 is 5.01. The standard InChI is InChI=1S/C13H14N4O3/c1-20-9-3-2-7(6-15-9)12-16-8-4-5-14-11(13(18)19)10(8)17-12/h2-3,6,11,14H,4-5H2,1H3,(H,16,17)(H,18,19). The molecule has 0 aromatic carbocycles. The molecule has 20 heavy (non-hydrogen) atoms. The number of imidazole rings is 1. The van der Waals surface area contributed by atoms with Crippen LogP contribution >= 0.6 is 0 Å². The zero-order chi connectivity index (χ0) is 14.1. The van der Waals surface area contributed by atoms with Crippen molar-refractivity contribution in [1.82, 2.24) is 20.3 Å². The highest BCUT2D eigenvalue weighted by Crippen LogP contribution is 2.25. The van der Waals surface area contributed by atoms with Crippen LogP contribution in [0.4, 0.5) is 0 Å². The first kappa shape index (κ1) is 12.6. The van der Waals surface area contributed by atoms with Crippen molar-refractivity contribution in [1.29, 1.82) is 0 Å². The lowest BCUT2D eigenvalue weighted by molar-refractivity contribution is -0.139. The molecule has 3 heterocycles. The zero-order valence-electron chi connectivity index (χ0n) is 10.9. The highest BCUT2D eigenvalue weighted by molar-refractivity contribution is 5.76. The van der Waals surface area contributed by atoms with Crippen LogP contribution in [0.1, 0.15) is 17.4 Å². The van der Waals surface area contributed by atoms with Crippen molar-refractivity contribution >= 4 is 5.97 Å². The third-order valence-electron chi connectivity index (χ3n) is 3.27. The number of carbonyl (C=O) groups is 1. The second-order valence-electron chi connectivity index (χ2n) is 4.51. The largest absolute Gasteiger partial charge is 0.481 e. The minimum atomic E-state index is -0.920. The number of fused-ring (bicyclic) bond motifs is 1. The molecule has 2 aromatic rings. The smallest absolute Gasteiger partial charge is 0.327 e. The Balaban J connectivity index is 1.97. The van der Waals surface area contributed by atoms with Crippen LogP contribution in [-0.4, -0.2) is 39.7 Å². The SMILES string of the molecule is COc1ccc(-c2nc3c([nH]2)CCNC3C(=O)O)cn1. The lowest BCUT2D eigenvalue weighted by Crippen LogP contribution is -2.35. The fourth-order valence-corrected chi connectivity index (χ4v) is 2.27. The van der Waals surface area contributed by atoms with Crippen molar-refractivity contribution in [2.75, 3.05) is 13.7 Å². The van der Waals surface area contributed by atoms with Gasteiger partial charge in [0.25, 0.3) is 0 Å². The molecular formula is C13H14N4O3. The number of hydrogen-bond donors (Lipinski definition) is 3. The van der Waals surface area contributed by atoms with Gasteiger partial charge in [-0.3, -0.25) is 10.1 Å². The number of aromatic amines is 1. The van der Waals surface area contributed by atoms with E-state index in [1.807, 2.05) is 6.07 Å². The summed E-state index contributed by atoms with van der Waals surface area (Å²) in [7, 11) is 1.55. The Hall–Kier alpha value is -2.41. The molecule has 0 amide bonds. The number of aromatic nitrogens is 3. The molecule has 7 heteroatoms. The number of nitrogens with zero attached hydrogens (tertiary/aromatic N) is 2. The van der Waals surface area contributed by atoms with Crippen molar-refractivity contribution in [3.63, 3.8) is 0 Å². The fourth-order valence-electron chi connectivity index (χ4n) is 2.27. The van der Waals surface area contributed by atoms with E-state index >= 15 is 0 Å². The third kappa shape index (κ3) is 2.12. The van der Waals surface area contributed by atoms with Crippen molar-refractivity contribution in [3.05, 3.63) is 29.7 Å². The van der Waals surface area contributed by atoms with Gasteiger partial charge >= 0.3 is 5.97 Å². The molecule has 0 saturated carbocycles. The normalized spacial score (nSPS) is 17.6. The van der Waals surface area contributed by atoms with E-state index in [-0.39, 0.29) is 0 Å². The number of aliphatic carboxylic acids is 1. The van der Waals surface area contributed by atoms with Crippen LogP contribution < -0.4 is 10.1 Å². The fraction of sp³-hybridized carbons (Fsp3) is 0.308. The average molecular weight is 274 g/mol. The monoisotopic (exact) mass is 274 g/mol. The van der Waals surface area contributed by atoms with Gasteiger partial charge in [-0.1, -0.05) is 0 Å². The number of nitrogens with one attached hydrogen (secondary N) is 2. The van der Waals surface area contributed by atoms with Crippen molar-refractivity contribution in [3.8, 4) is 17.3 Å². The Bertz CT molecular complexity index is 636. The van der Waals surface area contributed by atoms with Crippen LogP contribution in [-0.2, 0) is 11.2 Å². The lowest BCUT2D eigenvalue weighted by Gasteiger charge is -2.18. The first-order valence-electron chi connectivity index (χ1n) is 6.24. The number of methoxy groups -OCH3 is 1. The lowest BCUT2D eigenvalue weighted by atomic mass is 10.1. The summed E-state index contributed by atoms with van der Waals surface area (Å²) in [5, 5.41) is 12.1. The first-order valence-corrected chi connectivity index (χ1v) is 6.24. The van der Waals surface area contributed by atoms with Crippen LogP contribution in [0.3, 0.4) is 0 Å². The topological polar surface area (TPSA) is 100 Å². The number of pyridine rings is 1. The van der Waals surface area contributed by atoms with Gasteiger partial charge in [-0.2, -0.15) is 0 Å². The molecule has 0 spiro atoms. The molecule has 3 N–H and O–H groups in total. The van der Waals surface area contributed by atoms with Gasteiger partial charge in [0.15, 0.2) is 6.04 Å². The number of ether oxygens (including phenoxy) is 1. The van der Waals surface area contributed by atoms with E-state index in [1.165, 1.54) is 0 Å². The minimum absolute atomic E-state index is 0.523. The van der Waals surface area contributed by atoms with E-state index in [4.69, 9.17) is 4.74 Å². The number of rotatable bonds is 3. The van der Waals surface area contributed by atoms with Gasteiger partial charge in [-0.15, -0.1) is 0 Å². The van der Waals surface area contributed by atoms with E-state index in [9.17, 15) is 9.90 Å². The molecule has 0 bridgehead atoms. The molecule has 7 nitrogen and oxygen atoms in total. The van der Waals surface area contributed by atoms with Crippen molar-refractivity contribution in [2.24, 2.45) is 0 Å². The Kier molecular flexibility index (Phi) is 3.11. The molecule has 1 aliphatic heterocycles. The number of carboxylic acid groups (broad SMARTS) is 1. The van der Waals surface area contributed by atoms with Crippen molar-refractivity contribution in [2.45, 2.75) is 12.5 Å². The summed E-state index contributed by atoms with van der Waals surface area (Å²) in [4.78, 5) is 22.9. The van der Waals surface area contributed by atoms with E-state index in [2.05, 4.69) is 20.3 Å². The van der Waals surface area contributed by atoms with Crippen molar-refractivity contribution < 1.29 is 14.6 Å². The highest BCUT2D eigenvalue weighted by Gasteiger charge is 2.29. The summed E-state index contributed by atoms with van der Waals surface area (Å²) in [6, 6.07) is 2.82. The summed E-state index contributed by atoms with van der Waals surface area (Å²) >= 11 is 0. The molecule has 1 atom stereocenters. The van der Waals surface area contributed by atoms with Crippen LogP contribution in [0.2, 0.25) is 0 Å². The van der Waals surface area contributed by atoms with Crippen LogP contribution in [0.5, 0.6) is 5.88 Å². The van der Waals surface area contributed by atoms with Gasteiger partial charge in [0.2, 0.25) is 5.88 Å². The van der Waals surface area contributed by atoms with E-state index in [0.717, 1.165) is 17.7 Å². The van der Waals surface area contributed by atoms with Gasteiger partial charge in [0.05, 0.1) is 12.8 Å². The summed E-state index contributed by atoms with van der Waals surface area (Å²) in [5.74, 6) is 0.229. The summed E-state index contributed by atoms with van der Waals surface area (Å²) in [6.07, 6.45) is 2.38. The number of carboxylic acids is 1.